The highest BCUT2D eigenvalue weighted by Crippen LogP contribution is 2.37. The molecule has 2 heteroatoms. The van der Waals surface area contributed by atoms with Gasteiger partial charge < -0.3 is 4.42 Å². The summed E-state index contributed by atoms with van der Waals surface area (Å²) in [6, 6.07) is 3.39. The maximum absolute atomic E-state index is 11.5. The van der Waals surface area contributed by atoms with E-state index in [0.29, 0.717) is 5.92 Å². The van der Waals surface area contributed by atoms with Gasteiger partial charge in [-0.05, 0) is 42.0 Å². The summed E-state index contributed by atoms with van der Waals surface area (Å²) in [7, 11) is 0. The zero-order valence-electron chi connectivity index (χ0n) is 10.9. The smallest absolute Gasteiger partial charge is 0.336 e. The van der Waals surface area contributed by atoms with E-state index in [-0.39, 0.29) is 5.63 Å². The standard InChI is InChI=1S/C16H16O2/c1-9(2)15-13-6-4-5-11(13)10(3)12-7-8-14(17)18-16(12)15/h4-5,7-9H,6H2,1-3H3. The van der Waals surface area contributed by atoms with Gasteiger partial charge in [-0.1, -0.05) is 26.0 Å². The van der Waals surface area contributed by atoms with Crippen molar-refractivity contribution in [2.45, 2.75) is 33.1 Å². The van der Waals surface area contributed by atoms with Crippen molar-refractivity contribution in [2.75, 3.05) is 0 Å². The lowest BCUT2D eigenvalue weighted by Crippen LogP contribution is -2.04. The van der Waals surface area contributed by atoms with Crippen molar-refractivity contribution in [1.29, 1.82) is 0 Å². The summed E-state index contributed by atoms with van der Waals surface area (Å²) in [5, 5.41) is 1.06. The molecule has 3 rings (SSSR count). The molecule has 0 saturated carbocycles. The van der Waals surface area contributed by atoms with Crippen LogP contribution in [0.25, 0.3) is 17.0 Å². The molecule has 0 bridgehead atoms. The molecule has 1 aliphatic carbocycles. The molecule has 1 aromatic carbocycles. The molecule has 2 aromatic rings. The minimum absolute atomic E-state index is 0.269. The molecule has 0 N–H and O–H groups in total. The summed E-state index contributed by atoms with van der Waals surface area (Å²) in [5.74, 6) is 0.354. The summed E-state index contributed by atoms with van der Waals surface area (Å²) in [5.41, 5.74) is 5.53. The maximum atomic E-state index is 11.5. The second-order valence-electron chi connectivity index (χ2n) is 5.19. The highest BCUT2D eigenvalue weighted by atomic mass is 16.4. The van der Waals surface area contributed by atoms with E-state index in [9.17, 15) is 4.79 Å². The maximum Gasteiger partial charge on any atom is 0.336 e. The van der Waals surface area contributed by atoms with Crippen LogP contribution in [0, 0.1) is 6.92 Å². The van der Waals surface area contributed by atoms with Crippen molar-refractivity contribution >= 4 is 17.0 Å². The fourth-order valence-corrected chi connectivity index (χ4v) is 2.92. The van der Waals surface area contributed by atoms with Gasteiger partial charge in [0.2, 0.25) is 0 Å². The summed E-state index contributed by atoms with van der Waals surface area (Å²) < 4.78 is 5.48. The Bertz CT molecular complexity index is 718. The number of hydrogen-bond donors (Lipinski definition) is 0. The first-order chi connectivity index (χ1) is 8.59. The van der Waals surface area contributed by atoms with E-state index >= 15 is 0 Å². The van der Waals surface area contributed by atoms with Gasteiger partial charge in [0.15, 0.2) is 0 Å². The molecule has 1 aromatic heterocycles. The molecule has 1 heterocycles. The summed E-state index contributed by atoms with van der Waals surface area (Å²) >= 11 is 0. The molecule has 0 aliphatic heterocycles. The Labute approximate surface area is 106 Å². The van der Waals surface area contributed by atoms with Crippen molar-refractivity contribution < 1.29 is 4.42 Å². The molecule has 0 radical (unpaired) electrons. The third kappa shape index (κ3) is 1.45. The second-order valence-corrected chi connectivity index (χ2v) is 5.19. The van der Waals surface area contributed by atoms with E-state index in [0.717, 1.165) is 17.4 Å². The van der Waals surface area contributed by atoms with Gasteiger partial charge in [-0.3, -0.25) is 0 Å². The first kappa shape index (κ1) is 11.3. The van der Waals surface area contributed by atoms with E-state index in [4.69, 9.17) is 4.42 Å². The molecule has 0 atom stereocenters. The topological polar surface area (TPSA) is 30.2 Å². The third-order valence-electron chi connectivity index (χ3n) is 3.72. The Morgan fingerprint density at radius 2 is 2.06 bits per heavy atom. The highest BCUT2D eigenvalue weighted by Gasteiger charge is 2.21. The lowest BCUT2D eigenvalue weighted by molar-refractivity contribution is 0.553. The normalized spacial score (nSPS) is 13.6. The van der Waals surface area contributed by atoms with Gasteiger partial charge in [0.1, 0.15) is 5.58 Å². The van der Waals surface area contributed by atoms with Crippen LogP contribution in [0.5, 0.6) is 0 Å². The van der Waals surface area contributed by atoms with Crippen LogP contribution in [-0.4, -0.2) is 0 Å². The number of rotatable bonds is 1. The van der Waals surface area contributed by atoms with Crippen molar-refractivity contribution in [3.8, 4) is 0 Å². The Balaban J connectivity index is 2.54. The van der Waals surface area contributed by atoms with Gasteiger partial charge in [0, 0.05) is 17.0 Å². The second kappa shape index (κ2) is 3.84. The van der Waals surface area contributed by atoms with Gasteiger partial charge in [-0.15, -0.1) is 0 Å². The monoisotopic (exact) mass is 240 g/mol. The largest absolute Gasteiger partial charge is 0.422 e. The SMILES string of the molecule is Cc1c2c(c(C(C)C)c3oc(=O)ccc13)CC=C2. The predicted octanol–water partition coefficient (Wildman–Crippen LogP) is 3.79. The minimum Gasteiger partial charge on any atom is -0.422 e. The minimum atomic E-state index is -0.269. The van der Waals surface area contributed by atoms with Crippen molar-refractivity contribution in [1.82, 2.24) is 0 Å². The molecule has 1 aliphatic rings. The number of benzene rings is 1. The van der Waals surface area contributed by atoms with Crippen molar-refractivity contribution in [3.05, 3.63) is 50.9 Å². The van der Waals surface area contributed by atoms with E-state index in [1.807, 2.05) is 6.07 Å². The van der Waals surface area contributed by atoms with Crippen LogP contribution in [0.15, 0.2) is 27.4 Å². The lowest BCUT2D eigenvalue weighted by atomic mass is 9.89. The molecule has 2 nitrogen and oxygen atoms in total. The number of hydrogen-bond acceptors (Lipinski definition) is 2. The van der Waals surface area contributed by atoms with E-state index in [2.05, 4.69) is 32.9 Å². The van der Waals surface area contributed by atoms with Gasteiger partial charge in [0.05, 0.1) is 0 Å². The average Bonchev–Trinajstić information content (AvgIpc) is 2.77. The zero-order valence-corrected chi connectivity index (χ0v) is 10.9. The van der Waals surface area contributed by atoms with Crippen LogP contribution in [0.3, 0.4) is 0 Å². The molecule has 0 amide bonds. The lowest BCUT2D eigenvalue weighted by Gasteiger charge is -2.17. The van der Waals surface area contributed by atoms with E-state index in [1.165, 1.54) is 28.3 Å². The van der Waals surface area contributed by atoms with E-state index in [1.54, 1.807) is 0 Å². The van der Waals surface area contributed by atoms with Crippen LogP contribution in [0.2, 0.25) is 0 Å². The van der Waals surface area contributed by atoms with Crippen LogP contribution < -0.4 is 5.63 Å². The van der Waals surface area contributed by atoms with Crippen LogP contribution in [-0.2, 0) is 6.42 Å². The van der Waals surface area contributed by atoms with Gasteiger partial charge in [0.25, 0.3) is 0 Å². The summed E-state index contributed by atoms with van der Waals surface area (Å²) in [6.45, 7) is 6.40. The fourth-order valence-electron chi connectivity index (χ4n) is 2.92. The van der Waals surface area contributed by atoms with Gasteiger partial charge in [-0.2, -0.15) is 0 Å². The Hall–Kier alpha value is -1.83. The average molecular weight is 240 g/mol. The number of allylic oxidation sites excluding steroid dienone is 1. The van der Waals surface area contributed by atoms with Crippen LogP contribution in [0.1, 0.15) is 42.0 Å². The quantitative estimate of drug-likeness (QED) is 0.710. The molecule has 0 unspecified atom stereocenters. The summed E-state index contributed by atoms with van der Waals surface area (Å²) in [6.07, 6.45) is 5.31. The molecular formula is C16H16O2. The Kier molecular flexibility index (Phi) is 2.40. The molecule has 18 heavy (non-hydrogen) atoms. The zero-order chi connectivity index (χ0) is 12.9. The molecule has 0 spiro atoms. The third-order valence-corrected chi connectivity index (χ3v) is 3.72. The number of fused-ring (bicyclic) bond motifs is 2. The first-order valence-corrected chi connectivity index (χ1v) is 6.35. The summed E-state index contributed by atoms with van der Waals surface area (Å²) in [4.78, 5) is 11.5. The first-order valence-electron chi connectivity index (χ1n) is 6.35. The van der Waals surface area contributed by atoms with E-state index < -0.39 is 0 Å². The van der Waals surface area contributed by atoms with Crippen LogP contribution >= 0.6 is 0 Å². The molecular weight excluding hydrogens is 224 g/mol. The Morgan fingerprint density at radius 1 is 1.28 bits per heavy atom. The van der Waals surface area contributed by atoms with Crippen LogP contribution in [0.4, 0.5) is 0 Å². The highest BCUT2D eigenvalue weighted by molar-refractivity contribution is 5.90. The van der Waals surface area contributed by atoms with Crippen molar-refractivity contribution in [2.24, 2.45) is 0 Å². The molecule has 0 fully saturated rings. The van der Waals surface area contributed by atoms with Gasteiger partial charge >= 0.3 is 5.63 Å². The number of aryl methyl sites for hydroxylation is 1. The predicted molar refractivity (Wildman–Crippen MR) is 74.0 cm³/mol. The molecule has 0 saturated heterocycles. The van der Waals surface area contributed by atoms with Crippen molar-refractivity contribution in [3.63, 3.8) is 0 Å². The van der Waals surface area contributed by atoms with Gasteiger partial charge in [-0.25, -0.2) is 4.79 Å². The fraction of sp³-hybridized carbons (Fsp3) is 0.312. The molecule has 92 valence electrons. The Morgan fingerprint density at radius 3 is 2.78 bits per heavy atom.